The average molecular weight is 451 g/mol. The van der Waals surface area contributed by atoms with Gasteiger partial charge in [0.1, 0.15) is 0 Å². The Morgan fingerprint density at radius 3 is 2.73 bits per heavy atom. The minimum atomic E-state index is -0.414. The first kappa shape index (κ1) is 22.0. The summed E-state index contributed by atoms with van der Waals surface area (Å²) in [4.78, 5) is 42.2. The van der Waals surface area contributed by atoms with Crippen LogP contribution in [0, 0.1) is 5.92 Å². The summed E-state index contributed by atoms with van der Waals surface area (Å²) in [5.41, 5.74) is 1.33. The van der Waals surface area contributed by atoms with E-state index in [1.54, 1.807) is 29.2 Å². The molecule has 1 aromatic carbocycles. The van der Waals surface area contributed by atoms with E-state index < -0.39 is 6.03 Å². The molecule has 0 radical (unpaired) electrons. The molecule has 0 spiro atoms. The normalized spacial score (nSPS) is 14.3. The van der Waals surface area contributed by atoms with Crippen molar-refractivity contribution in [1.29, 1.82) is 0 Å². The molecule has 30 heavy (non-hydrogen) atoms. The number of piperidine rings is 1. The number of aromatic nitrogens is 1. The molecule has 1 aliphatic heterocycles. The first-order chi connectivity index (χ1) is 14.4. The molecule has 3 amide bonds. The van der Waals surface area contributed by atoms with Crippen LogP contribution in [0.4, 0.5) is 15.6 Å². The van der Waals surface area contributed by atoms with Gasteiger partial charge >= 0.3 is 12.0 Å². The number of urea groups is 1. The summed E-state index contributed by atoms with van der Waals surface area (Å²) in [6.45, 7) is 1.12. The van der Waals surface area contributed by atoms with E-state index in [1.807, 2.05) is 5.38 Å². The van der Waals surface area contributed by atoms with Crippen LogP contribution in [0.5, 0.6) is 0 Å². The number of hydrogen-bond acceptors (Lipinski definition) is 6. The number of ether oxygens (including phenoxy) is 1. The number of hydrogen-bond donors (Lipinski definition) is 2. The zero-order valence-electron chi connectivity index (χ0n) is 16.5. The zero-order chi connectivity index (χ0) is 21.5. The van der Waals surface area contributed by atoms with Crippen LogP contribution in [-0.2, 0) is 20.7 Å². The Labute approximate surface area is 183 Å². The summed E-state index contributed by atoms with van der Waals surface area (Å²) in [5.74, 6) is -0.284. The number of rotatable bonds is 6. The molecule has 1 aromatic heterocycles. The van der Waals surface area contributed by atoms with Gasteiger partial charge < -0.3 is 15.0 Å². The molecule has 0 unspecified atom stereocenters. The quantitative estimate of drug-likeness (QED) is 0.652. The maximum absolute atomic E-state index is 12.4. The standard InChI is InChI=1S/C20H23ClN4O4S/c1-29-18(27)13-7-9-25(10-8-13)17(26)6-5-16-12-30-20(23-16)24-19(28)22-15-4-2-3-14(21)11-15/h2-4,11-13H,5-10H2,1H3,(H2,22,23,24,28). The van der Waals surface area contributed by atoms with Gasteiger partial charge in [0, 0.05) is 35.6 Å². The molecule has 160 valence electrons. The molecule has 1 saturated heterocycles. The van der Waals surface area contributed by atoms with Gasteiger partial charge in [-0.15, -0.1) is 11.3 Å². The fourth-order valence-electron chi connectivity index (χ4n) is 3.23. The van der Waals surface area contributed by atoms with Crippen molar-refractivity contribution in [2.75, 3.05) is 30.8 Å². The fraction of sp³-hybridized carbons (Fsp3) is 0.400. The van der Waals surface area contributed by atoms with E-state index in [0.717, 1.165) is 5.69 Å². The number of halogens is 1. The molecule has 8 nitrogen and oxygen atoms in total. The highest BCUT2D eigenvalue weighted by Gasteiger charge is 2.27. The number of carbonyl (C=O) groups excluding carboxylic acids is 3. The number of anilines is 2. The second kappa shape index (κ2) is 10.4. The lowest BCUT2D eigenvalue weighted by Gasteiger charge is -2.30. The maximum Gasteiger partial charge on any atom is 0.325 e. The Bertz CT molecular complexity index is 912. The zero-order valence-corrected chi connectivity index (χ0v) is 18.1. The highest BCUT2D eigenvalue weighted by Crippen LogP contribution is 2.21. The van der Waals surface area contributed by atoms with Gasteiger partial charge in [-0.3, -0.25) is 14.9 Å². The van der Waals surface area contributed by atoms with Crippen LogP contribution in [0.25, 0.3) is 0 Å². The number of aryl methyl sites for hydroxylation is 1. The van der Waals surface area contributed by atoms with Crippen LogP contribution in [0.2, 0.25) is 5.02 Å². The van der Waals surface area contributed by atoms with E-state index in [0.29, 0.717) is 54.6 Å². The third-order valence-electron chi connectivity index (χ3n) is 4.83. The molecule has 2 N–H and O–H groups in total. The maximum atomic E-state index is 12.4. The summed E-state index contributed by atoms with van der Waals surface area (Å²) in [7, 11) is 1.39. The van der Waals surface area contributed by atoms with Crippen LogP contribution in [-0.4, -0.2) is 48.0 Å². The number of thiazole rings is 1. The van der Waals surface area contributed by atoms with Crippen molar-refractivity contribution in [3.63, 3.8) is 0 Å². The Kier molecular flexibility index (Phi) is 7.64. The van der Waals surface area contributed by atoms with Gasteiger partial charge in [0.2, 0.25) is 5.91 Å². The number of methoxy groups -OCH3 is 1. The smallest absolute Gasteiger partial charge is 0.325 e. The predicted molar refractivity (Wildman–Crippen MR) is 116 cm³/mol. The first-order valence-electron chi connectivity index (χ1n) is 9.58. The van der Waals surface area contributed by atoms with Gasteiger partial charge in [-0.2, -0.15) is 0 Å². The average Bonchev–Trinajstić information content (AvgIpc) is 3.18. The molecule has 2 heterocycles. The minimum Gasteiger partial charge on any atom is -0.469 e. The van der Waals surface area contributed by atoms with Crippen molar-refractivity contribution >= 4 is 51.7 Å². The van der Waals surface area contributed by atoms with Gasteiger partial charge in [-0.05, 0) is 37.5 Å². The monoisotopic (exact) mass is 450 g/mol. The number of benzene rings is 1. The molecule has 0 saturated carbocycles. The van der Waals surface area contributed by atoms with Crippen molar-refractivity contribution in [3.8, 4) is 0 Å². The summed E-state index contributed by atoms with van der Waals surface area (Å²) >= 11 is 7.20. The van der Waals surface area contributed by atoms with Gasteiger partial charge in [0.05, 0.1) is 18.7 Å². The molecule has 0 bridgehead atoms. The van der Waals surface area contributed by atoms with Crippen LogP contribution < -0.4 is 10.6 Å². The molecule has 0 aliphatic carbocycles. The lowest BCUT2D eigenvalue weighted by atomic mass is 9.97. The number of amides is 3. The van der Waals surface area contributed by atoms with Crippen molar-refractivity contribution in [1.82, 2.24) is 9.88 Å². The number of nitrogens with one attached hydrogen (secondary N) is 2. The van der Waals surface area contributed by atoms with Crippen LogP contribution >= 0.6 is 22.9 Å². The Morgan fingerprint density at radius 2 is 2.03 bits per heavy atom. The van der Waals surface area contributed by atoms with E-state index in [-0.39, 0.29) is 17.8 Å². The Balaban J connectivity index is 1.42. The second-order valence-corrected chi connectivity index (χ2v) is 8.21. The summed E-state index contributed by atoms with van der Waals surface area (Å²) in [6, 6.07) is 6.43. The van der Waals surface area contributed by atoms with Crippen molar-refractivity contribution in [3.05, 3.63) is 40.4 Å². The van der Waals surface area contributed by atoms with E-state index in [9.17, 15) is 14.4 Å². The Morgan fingerprint density at radius 1 is 1.27 bits per heavy atom. The number of carbonyl (C=O) groups is 3. The molecular weight excluding hydrogens is 428 g/mol. The molecule has 3 rings (SSSR count). The van der Waals surface area contributed by atoms with Gasteiger partial charge in [-0.1, -0.05) is 17.7 Å². The molecule has 1 aliphatic rings. The third kappa shape index (κ3) is 6.17. The summed E-state index contributed by atoms with van der Waals surface area (Å²) in [5, 5.41) is 8.18. The van der Waals surface area contributed by atoms with Crippen LogP contribution in [0.15, 0.2) is 29.6 Å². The fourth-order valence-corrected chi connectivity index (χ4v) is 4.16. The lowest BCUT2D eigenvalue weighted by molar-refractivity contribution is -0.148. The molecule has 2 aromatic rings. The van der Waals surface area contributed by atoms with Crippen molar-refractivity contribution in [2.24, 2.45) is 5.92 Å². The van der Waals surface area contributed by atoms with Crippen LogP contribution in [0.3, 0.4) is 0 Å². The molecule has 10 heteroatoms. The largest absolute Gasteiger partial charge is 0.469 e. The van der Waals surface area contributed by atoms with E-state index in [1.165, 1.54) is 18.4 Å². The lowest BCUT2D eigenvalue weighted by Crippen LogP contribution is -2.40. The summed E-state index contributed by atoms with van der Waals surface area (Å²) < 4.78 is 4.77. The van der Waals surface area contributed by atoms with Crippen molar-refractivity contribution in [2.45, 2.75) is 25.7 Å². The second-order valence-electron chi connectivity index (χ2n) is 6.91. The third-order valence-corrected chi connectivity index (χ3v) is 5.87. The highest BCUT2D eigenvalue weighted by molar-refractivity contribution is 7.13. The van der Waals surface area contributed by atoms with E-state index in [2.05, 4.69) is 15.6 Å². The molecular formula is C20H23ClN4O4S. The van der Waals surface area contributed by atoms with E-state index in [4.69, 9.17) is 16.3 Å². The first-order valence-corrected chi connectivity index (χ1v) is 10.8. The van der Waals surface area contributed by atoms with E-state index >= 15 is 0 Å². The topological polar surface area (TPSA) is 101 Å². The number of esters is 1. The Hall–Kier alpha value is -2.65. The SMILES string of the molecule is COC(=O)C1CCN(C(=O)CCc2csc(NC(=O)Nc3cccc(Cl)c3)n2)CC1. The van der Waals surface area contributed by atoms with Crippen molar-refractivity contribution < 1.29 is 19.1 Å². The molecule has 1 fully saturated rings. The number of likely N-dealkylation sites (tertiary alicyclic amines) is 1. The van der Waals surface area contributed by atoms with Gasteiger partial charge in [-0.25, -0.2) is 9.78 Å². The van der Waals surface area contributed by atoms with Crippen LogP contribution in [0.1, 0.15) is 25.0 Å². The number of nitrogens with zero attached hydrogens (tertiary/aromatic N) is 2. The predicted octanol–water partition coefficient (Wildman–Crippen LogP) is 3.78. The highest BCUT2D eigenvalue weighted by atomic mass is 35.5. The van der Waals surface area contributed by atoms with Gasteiger partial charge in [0.15, 0.2) is 5.13 Å². The van der Waals surface area contributed by atoms with Gasteiger partial charge in [0.25, 0.3) is 0 Å². The molecule has 0 atom stereocenters. The minimum absolute atomic E-state index is 0.0412. The summed E-state index contributed by atoms with van der Waals surface area (Å²) in [6.07, 6.45) is 2.08.